The van der Waals surface area contributed by atoms with Crippen LogP contribution in [0.4, 0.5) is 5.69 Å². The quantitative estimate of drug-likeness (QED) is 0.812. The van der Waals surface area contributed by atoms with E-state index in [9.17, 15) is 0 Å². The van der Waals surface area contributed by atoms with E-state index in [-0.39, 0.29) is 0 Å². The Balaban J connectivity index is 1.97. The molecule has 0 saturated heterocycles. The highest BCUT2D eigenvalue weighted by Gasteiger charge is 2.06. The van der Waals surface area contributed by atoms with E-state index in [0.717, 1.165) is 17.0 Å². The molecule has 0 aromatic heterocycles. The zero-order valence-corrected chi connectivity index (χ0v) is 13.9. The van der Waals surface area contributed by atoms with Gasteiger partial charge < -0.3 is 20.1 Å². The number of benzene rings is 2. The van der Waals surface area contributed by atoms with Gasteiger partial charge in [-0.25, -0.2) is 0 Å². The van der Waals surface area contributed by atoms with Gasteiger partial charge in [-0.15, -0.1) is 0 Å². The summed E-state index contributed by atoms with van der Waals surface area (Å²) in [6.07, 6.45) is 0. The van der Waals surface area contributed by atoms with Gasteiger partial charge in [0.25, 0.3) is 0 Å². The van der Waals surface area contributed by atoms with Crippen molar-refractivity contribution in [2.45, 2.75) is 6.54 Å². The number of nitrogens with one attached hydrogen (secondary N) is 2. The van der Waals surface area contributed by atoms with Crippen LogP contribution in [0.15, 0.2) is 42.5 Å². The Morgan fingerprint density at radius 1 is 1.14 bits per heavy atom. The summed E-state index contributed by atoms with van der Waals surface area (Å²) in [6, 6.07) is 13.1. The van der Waals surface area contributed by atoms with E-state index in [1.807, 2.05) is 36.4 Å². The maximum Gasteiger partial charge on any atom is 0.171 e. The number of rotatable bonds is 5. The van der Waals surface area contributed by atoms with Gasteiger partial charge in [0, 0.05) is 17.6 Å². The summed E-state index contributed by atoms with van der Waals surface area (Å²) in [7, 11) is 3.21. The van der Waals surface area contributed by atoms with Crippen molar-refractivity contribution in [1.29, 1.82) is 0 Å². The number of hydrogen-bond acceptors (Lipinski definition) is 3. The van der Waals surface area contributed by atoms with Crippen LogP contribution in [0.3, 0.4) is 0 Å². The second kappa shape index (κ2) is 7.87. The van der Waals surface area contributed by atoms with Crippen LogP contribution in [0.2, 0.25) is 5.02 Å². The molecule has 0 bridgehead atoms. The second-order valence-corrected chi connectivity index (χ2v) is 5.35. The standard InChI is InChI=1S/C16H17ClN2O2S/c1-20-13-6-7-14(15(9-13)21-2)19-16(22)18-10-11-4-3-5-12(17)8-11/h3-9H,10H2,1-2H3,(H2,18,19,22). The maximum absolute atomic E-state index is 5.95. The van der Waals surface area contributed by atoms with Crippen LogP contribution in [-0.4, -0.2) is 19.3 Å². The van der Waals surface area contributed by atoms with Crippen molar-refractivity contribution < 1.29 is 9.47 Å². The first-order chi connectivity index (χ1) is 10.6. The average Bonchev–Trinajstić information content (AvgIpc) is 2.53. The molecule has 0 aliphatic heterocycles. The number of methoxy groups -OCH3 is 2. The predicted molar refractivity (Wildman–Crippen MR) is 94.1 cm³/mol. The Labute approximate surface area is 140 Å². The topological polar surface area (TPSA) is 42.5 Å². The summed E-state index contributed by atoms with van der Waals surface area (Å²) >= 11 is 11.2. The van der Waals surface area contributed by atoms with Gasteiger partial charge in [-0.3, -0.25) is 0 Å². The molecule has 22 heavy (non-hydrogen) atoms. The molecule has 0 atom stereocenters. The van der Waals surface area contributed by atoms with Crippen LogP contribution < -0.4 is 20.1 Å². The summed E-state index contributed by atoms with van der Waals surface area (Å²) in [5, 5.41) is 7.44. The first-order valence-electron chi connectivity index (χ1n) is 6.63. The highest BCUT2D eigenvalue weighted by Crippen LogP contribution is 2.28. The van der Waals surface area contributed by atoms with Gasteiger partial charge in [0.1, 0.15) is 11.5 Å². The van der Waals surface area contributed by atoms with Crippen molar-refractivity contribution in [3.05, 3.63) is 53.1 Å². The molecule has 0 unspecified atom stereocenters. The predicted octanol–water partition coefficient (Wildman–Crippen LogP) is 3.84. The van der Waals surface area contributed by atoms with Gasteiger partial charge in [0.05, 0.1) is 19.9 Å². The molecule has 4 nitrogen and oxygen atoms in total. The number of thiocarbonyl (C=S) groups is 1. The number of ether oxygens (including phenoxy) is 2. The summed E-state index contributed by atoms with van der Waals surface area (Å²) in [4.78, 5) is 0. The van der Waals surface area contributed by atoms with Crippen molar-refractivity contribution >= 4 is 34.6 Å². The molecule has 2 rings (SSSR count). The first-order valence-corrected chi connectivity index (χ1v) is 7.42. The lowest BCUT2D eigenvalue weighted by Gasteiger charge is -2.14. The van der Waals surface area contributed by atoms with Crippen LogP contribution in [-0.2, 0) is 6.54 Å². The monoisotopic (exact) mass is 336 g/mol. The van der Waals surface area contributed by atoms with Crippen molar-refractivity contribution in [2.75, 3.05) is 19.5 Å². The molecule has 0 amide bonds. The lowest BCUT2D eigenvalue weighted by molar-refractivity contribution is 0.395. The van der Waals surface area contributed by atoms with Crippen molar-refractivity contribution in [1.82, 2.24) is 5.32 Å². The van der Waals surface area contributed by atoms with Gasteiger partial charge in [-0.05, 0) is 42.0 Å². The lowest BCUT2D eigenvalue weighted by atomic mass is 10.2. The molecule has 0 radical (unpaired) electrons. The molecule has 0 heterocycles. The Hall–Kier alpha value is -1.98. The molecule has 0 aliphatic rings. The fourth-order valence-electron chi connectivity index (χ4n) is 1.90. The number of anilines is 1. The third kappa shape index (κ3) is 4.51. The highest BCUT2D eigenvalue weighted by atomic mass is 35.5. The third-order valence-electron chi connectivity index (χ3n) is 3.00. The van der Waals surface area contributed by atoms with Crippen LogP contribution in [0.25, 0.3) is 0 Å². The van der Waals surface area contributed by atoms with Crippen molar-refractivity contribution in [3.63, 3.8) is 0 Å². The smallest absolute Gasteiger partial charge is 0.171 e. The molecule has 116 valence electrons. The molecule has 0 fully saturated rings. The molecule has 6 heteroatoms. The first kappa shape index (κ1) is 16.4. The Kier molecular flexibility index (Phi) is 5.86. The highest BCUT2D eigenvalue weighted by molar-refractivity contribution is 7.80. The van der Waals surface area contributed by atoms with E-state index in [2.05, 4.69) is 10.6 Å². The zero-order chi connectivity index (χ0) is 15.9. The summed E-state index contributed by atoms with van der Waals surface area (Å²) < 4.78 is 10.5. The Morgan fingerprint density at radius 2 is 1.95 bits per heavy atom. The van der Waals surface area contributed by atoms with Gasteiger partial charge in [-0.1, -0.05) is 23.7 Å². The molecule has 2 aromatic carbocycles. The molecule has 0 saturated carbocycles. The zero-order valence-electron chi connectivity index (χ0n) is 12.4. The van der Waals surface area contributed by atoms with Crippen LogP contribution >= 0.6 is 23.8 Å². The fourth-order valence-corrected chi connectivity index (χ4v) is 2.29. The molecule has 2 N–H and O–H groups in total. The molecule has 0 aliphatic carbocycles. The largest absolute Gasteiger partial charge is 0.497 e. The van der Waals surface area contributed by atoms with Crippen molar-refractivity contribution in [3.8, 4) is 11.5 Å². The van der Waals surface area contributed by atoms with Gasteiger partial charge >= 0.3 is 0 Å². The van der Waals surface area contributed by atoms with Crippen LogP contribution in [0.1, 0.15) is 5.56 Å². The molecular formula is C16H17ClN2O2S. The van der Waals surface area contributed by atoms with E-state index in [1.165, 1.54) is 0 Å². The van der Waals surface area contributed by atoms with Crippen molar-refractivity contribution in [2.24, 2.45) is 0 Å². The van der Waals surface area contributed by atoms with Crippen LogP contribution in [0.5, 0.6) is 11.5 Å². The van der Waals surface area contributed by atoms with E-state index < -0.39 is 0 Å². The number of halogens is 1. The van der Waals surface area contributed by atoms with E-state index in [1.54, 1.807) is 20.3 Å². The minimum absolute atomic E-state index is 0.503. The molecular weight excluding hydrogens is 320 g/mol. The molecule has 0 spiro atoms. The summed E-state index contributed by atoms with van der Waals surface area (Å²) in [5.74, 6) is 1.38. The molecule has 2 aromatic rings. The van der Waals surface area contributed by atoms with E-state index in [4.69, 9.17) is 33.3 Å². The number of hydrogen-bond donors (Lipinski definition) is 2. The maximum atomic E-state index is 5.95. The SMILES string of the molecule is COc1ccc(NC(=S)NCc2cccc(Cl)c2)c(OC)c1. The third-order valence-corrected chi connectivity index (χ3v) is 3.48. The minimum atomic E-state index is 0.503. The van der Waals surface area contributed by atoms with Crippen LogP contribution in [0, 0.1) is 0 Å². The minimum Gasteiger partial charge on any atom is -0.497 e. The van der Waals surface area contributed by atoms with E-state index >= 15 is 0 Å². The summed E-state index contributed by atoms with van der Waals surface area (Å²) in [5.41, 5.74) is 1.82. The average molecular weight is 337 g/mol. The second-order valence-electron chi connectivity index (χ2n) is 4.50. The Bertz CT molecular complexity index is 664. The lowest BCUT2D eigenvalue weighted by Crippen LogP contribution is -2.28. The van der Waals surface area contributed by atoms with E-state index in [0.29, 0.717) is 22.4 Å². The van der Waals surface area contributed by atoms with Gasteiger partial charge in [0.15, 0.2) is 5.11 Å². The van der Waals surface area contributed by atoms with Gasteiger partial charge in [-0.2, -0.15) is 0 Å². The van der Waals surface area contributed by atoms with Gasteiger partial charge in [0.2, 0.25) is 0 Å². The Morgan fingerprint density at radius 3 is 2.64 bits per heavy atom. The normalized spacial score (nSPS) is 9.95. The summed E-state index contributed by atoms with van der Waals surface area (Å²) in [6.45, 7) is 0.588. The fraction of sp³-hybridized carbons (Fsp3) is 0.188.